The van der Waals surface area contributed by atoms with Gasteiger partial charge in [-0.15, -0.1) is 0 Å². The van der Waals surface area contributed by atoms with Crippen molar-refractivity contribution in [2.45, 2.75) is 0 Å². The molecular weight excluding hydrogens is 200 g/mol. The molecule has 4 heteroatoms. The first-order valence-corrected chi connectivity index (χ1v) is 5.05. The van der Waals surface area contributed by atoms with Gasteiger partial charge < -0.3 is 9.84 Å². The number of benzene rings is 1. The van der Waals surface area contributed by atoms with Gasteiger partial charge >= 0.3 is 5.97 Å². The van der Waals surface area contributed by atoms with Crippen LogP contribution in [0.3, 0.4) is 0 Å². The highest BCUT2D eigenvalue weighted by Crippen LogP contribution is 2.29. The van der Waals surface area contributed by atoms with Crippen molar-refractivity contribution in [2.24, 2.45) is 0 Å². The first kappa shape index (κ1) is 9.15. The molecule has 1 aromatic carbocycles. The topological polar surface area (TPSA) is 46.5 Å². The second-order valence-corrected chi connectivity index (χ2v) is 3.73. The van der Waals surface area contributed by atoms with E-state index in [1.807, 2.05) is 0 Å². The number of carbonyl (C=O) groups is 1. The highest BCUT2D eigenvalue weighted by Gasteiger charge is 2.19. The maximum atomic E-state index is 11.1. The molecule has 14 heavy (non-hydrogen) atoms. The number of ether oxygens (including phenoxy) is 1. The summed E-state index contributed by atoms with van der Waals surface area (Å²) in [4.78, 5) is 11.6. The monoisotopic (exact) mass is 208 g/mol. The summed E-state index contributed by atoms with van der Waals surface area (Å²) >= 11 is 1.33. The van der Waals surface area contributed by atoms with Gasteiger partial charge in [0.15, 0.2) is 0 Å². The van der Waals surface area contributed by atoms with Crippen LogP contribution in [0, 0.1) is 0 Å². The van der Waals surface area contributed by atoms with E-state index in [1.54, 1.807) is 30.3 Å². The van der Waals surface area contributed by atoms with Crippen LogP contribution in [0.4, 0.5) is 0 Å². The van der Waals surface area contributed by atoms with Gasteiger partial charge in [0.05, 0.1) is 4.91 Å². The van der Waals surface area contributed by atoms with Crippen LogP contribution in [0.5, 0.6) is 5.75 Å². The predicted molar refractivity (Wildman–Crippen MR) is 54.6 cm³/mol. The summed E-state index contributed by atoms with van der Waals surface area (Å²) in [6.45, 7) is 0. The number of aromatic hydroxyl groups is 1. The second-order valence-electron chi connectivity index (χ2n) is 2.76. The van der Waals surface area contributed by atoms with Gasteiger partial charge in [0.1, 0.15) is 11.7 Å². The maximum absolute atomic E-state index is 11.1. The Hall–Kier alpha value is -1.42. The Morgan fingerprint density at radius 2 is 2.21 bits per heavy atom. The van der Waals surface area contributed by atoms with Gasteiger partial charge in [-0.25, -0.2) is 4.79 Å². The molecule has 1 aliphatic heterocycles. The molecule has 0 bridgehead atoms. The molecule has 1 heterocycles. The molecule has 0 unspecified atom stereocenters. The van der Waals surface area contributed by atoms with E-state index in [1.165, 1.54) is 11.8 Å². The molecule has 0 aliphatic carbocycles. The van der Waals surface area contributed by atoms with E-state index < -0.39 is 0 Å². The molecule has 3 nitrogen and oxygen atoms in total. The lowest BCUT2D eigenvalue weighted by atomic mass is 10.2. The third kappa shape index (κ3) is 1.75. The highest BCUT2D eigenvalue weighted by atomic mass is 32.2. The third-order valence-electron chi connectivity index (χ3n) is 1.83. The summed E-state index contributed by atoms with van der Waals surface area (Å²) in [5.74, 6) is 0.205. The van der Waals surface area contributed by atoms with Gasteiger partial charge in [-0.05, 0) is 12.1 Å². The Kier molecular flexibility index (Phi) is 2.45. The Bertz CT molecular complexity index is 398. The third-order valence-corrected chi connectivity index (χ3v) is 2.66. The standard InChI is InChI=1S/C10H8O3S/c11-8-4-2-1-3-7(8)5-9-10(12)13-6-14-9/h1-5,11H,6H2/b9-5-. The van der Waals surface area contributed by atoms with Crippen molar-refractivity contribution in [2.75, 3.05) is 5.94 Å². The number of para-hydroxylation sites is 1. The molecule has 2 rings (SSSR count). The van der Waals surface area contributed by atoms with Crippen molar-refractivity contribution < 1.29 is 14.6 Å². The van der Waals surface area contributed by atoms with Crippen LogP contribution in [-0.4, -0.2) is 17.0 Å². The van der Waals surface area contributed by atoms with Crippen LogP contribution < -0.4 is 0 Å². The van der Waals surface area contributed by atoms with Gasteiger partial charge in [0.2, 0.25) is 0 Å². The number of carbonyl (C=O) groups excluding carboxylic acids is 1. The zero-order chi connectivity index (χ0) is 9.97. The number of hydrogen-bond acceptors (Lipinski definition) is 4. The van der Waals surface area contributed by atoms with E-state index in [-0.39, 0.29) is 11.7 Å². The molecule has 1 fully saturated rings. The normalized spacial score (nSPS) is 18.6. The van der Waals surface area contributed by atoms with Gasteiger partial charge in [-0.3, -0.25) is 0 Å². The Labute approximate surface area is 85.4 Å². The molecular formula is C10H8O3S. The molecule has 1 aromatic rings. The summed E-state index contributed by atoms with van der Waals surface area (Å²) in [5.41, 5.74) is 0.633. The molecule has 1 aliphatic rings. The van der Waals surface area contributed by atoms with Crippen LogP contribution in [0.2, 0.25) is 0 Å². The zero-order valence-corrected chi connectivity index (χ0v) is 8.08. The zero-order valence-electron chi connectivity index (χ0n) is 7.27. The predicted octanol–water partition coefficient (Wildman–Crippen LogP) is 1.98. The number of hydrogen-bond donors (Lipinski definition) is 1. The molecule has 0 radical (unpaired) electrons. The van der Waals surface area contributed by atoms with Crippen molar-refractivity contribution in [3.8, 4) is 5.75 Å². The van der Waals surface area contributed by atoms with Crippen LogP contribution in [-0.2, 0) is 9.53 Å². The fraction of sp³-hybridized carbons (Fsp3) is 0.100. The maximum Gasteiger partial charge on any atom is 0.345 e. The Morgan fingerprint density at radius 3 is 2.86 bits per heavy atom. The lowest BCUT2D eigenvalue weighted by molar-refractivity contribution is -0.134. The number of phenolic OH excluding ortho intramolecular Hbond substituents is 1. The number of cyclic esters (lactones) is 1. The minimum absolute atomic E-state index is 0.167. The van der Waals surface area contributed by atoms with Crippen molar-refractivity contribution in [1.82, 2.24) is 0 Å². The summed E-state index contributed by atoms with van der Waals surface area (Å²) in [7, 11) is 0. The first-order chi connectivity index (χ1) is 6.77. The van der Waals surface area contributed by atoms with Gasteiger partial charge in [-0.1, -0.05) is 30.0 Å². The molecule has 0 spiro atoms. The SMILES string of the molecule is O=C1OCS/C1=C\c1ccccc1O. The van der Waals surface area contributed by atoms with Crippen molar-refractivity contribution >= 4 is 23.8 Å². The molecule has 1 N–H and O–H groups in total. The average molecular weight is 208 g/mol. The van der Waals surface area contributed by atoms with Gasteiger partial charge in [0.25, 0.3) is 0 Å². The molecule has 0 atom stereocenters. The number of rotatable bonds is 1. The summed E-state index contributed by atoms with van der Waals surface area (Å²) in [5, 5.41) is 9.45. The summed E-state index contributed by atoms with van der Waals surface area (Å²) in [6.07, 6.45) is 1.63. The quantitative estimate of drug-likeness (QED) is 0.566. The fourth-order valence-corrected chi connectivity index (χ4v) is 1.81. The lowest BCUT2D eigenvalue weighted by Gasteiger charge is -1.97. The molecule has 0 amide bonds. The number of phenols is 1. The number of esters is 1. The van der Waals surface area contributed by atoms with E-state index in [9.17, 15) is 9.90 Å². The fourth-order valence-electron chi connectivity index (χ4n) is 1.13. The minimum atomic E-state index is -0.321. The second kappa shape index (κ2) is 3.75. The molecule has 72 valence electrons. The Morgan fingerprint density at radius 1 is 1.43 bits per heavy atom. The van der Waals surface area contributed by atoms with E-state index in [0.29, 0.717) is 16.4 Å². The average Bonchev–Trinajstić information content (AvgIpc) is 2.56. The van der Waals surface area contributed by atoms with Crippen LogP contribution in [0.25, 0.3) is 6.08 Å². The minimum Gasteiger partial charge on any atom is -0.507 e. The van der Waals surface area contributed by atoms with E-state index in [2.05, 4.69) is 0 Å². The summed E-state index contributed by atoms with van der Waals surface area (Å²) in [6, 6.07) is 6.86. The molecule has 0 aromatic heterocycles. The van der Waals surface area contributed by atoms with Crippen molar-refractivity contribution in [3.05, 3.63) is 34.7 Å². The van der Waals surface area contributed by atoms with Gasteiger partial charge in [-0.2, -0.15) is 0 Å². The van der Waals surface area contributed by atoms with Crippen molar-refractivity contribution in [1.29, 1.82) is 0 Å². The highest BCUT2D eigenvalue weighted by molar-refractivity contribution is 8.04. The molecule has 0 saturated carbocycles. The van der Waals surface area contributed by atoms with E-state index in [0.717, 1.165) is 0 Å². The van der Waals surface area contributed by atoms with Gasteiger partial charge in [0, 0.05) is 5.56 Å². The van der Waals surface area contributed by atoms with Crippen LogP contribution >= 0.6 is 11.8 Å². The Balaban J connectivity index is 2.33. The van der Waals surface area contributed by atoms with Crippen LogP contribution in [0.1, 0.15) is 5.56 Å². The van der Waals surface area contributed by atoms with E-state index in [4.69, 9.17) is 4.74 Å². The molecule has 1 saturated heterocycles. The number of thioether (sulfide) groups is 1. The first-order valence-electron chi connectivity index (χ1n) is 4.07. The largest absolute Gasteiger partial charge is 0.507 e. The van der Waals surface area contributed by atoms with E-state index >= 15 is 0 Å². The lowest BCUT2D eigenvalue weighted by Crippen LogP contribution is -1.93. The van der Waals surface area contributed by atoms with Crippen molar-refractivity contribution in [3.63, 3.8) is 0 Å². The summed E-state index contributed by atoms with van der Waals surface area (Å²) < 4.78 is 4.75. The van der Waals surface area contributed by atoms with Crippen LogP contribution in [0.15, 0.2) is 29.2 Å². The smallest absolute Gasteiger partial charge is 0.345 e.